The highest BCUT2D eigenvalue weighted by molar-refractivity contribution is 9.10. The van der Waals surface area contributed by atoms with E-state index in [4.69, 9.17) is 9.47 Å². The second kappa shape index (κ2) is 9.34. The van der Waals surface area contributed by atoms with E-state index in [1.165, 1.54) is 12.4 Å². The maximum absolute atomic E-state index is 12.8. The minimum Gasteiger partial charge on any atom is -0.497 e. The van der Waals surface area contributed by atoms with Crippen LogP contribution in [-0.4, -0.2) is 32.1 Å². The molecule has 0 atom stereocenters. The molecule has 3 rings (SSSR count). The number of rotatable bonds is 8. The van der Waals surface area contributed by atoms with Crippen LogP contribution in [0.3, 0.4) is 0 Å². The molecule has 1 N–H and O–H groups in total. The van der Waals surface area contributed by atoms with Gasteiger partial charge in [-0.05, 0) is 55.5 Å². The summed E-state index contributed by atoms with van der Waals surface area (Å²) in [6.07, 6.45) is 1.41. The van der Waals surface area contributed by atoms with Gasteiger partial charge in [0.05, 0.1) is 31.6 Å². The van der Waals surface area contributed by atoms with E-state index in [0.29, 0.717) is 28.2 Å². The van der Waals surface area contributed by atoms with Crippen LogP contribution in [0.4, 0.5) is 0 Å². The van der Waals surface area contributed by atoms with Crippen molar-refractivity contribution in [3.05, 3.63) is 65.0 Å². The predicted octanol–water partition coefficient (Wildman–Crippen LogP) is 3.79. The predicted molar refractivity (Wildman–Crippen MR) is 113 cm³/mol. The minimum atomic E-state index is -3.80. The average Bonchev–Trinajstić information content (AvgIpc) is 2.74. The van der Waals surface area contributed by atoms with Gasteiger partial charge in [-0.25, -0.2) is 23.1 Å². The molecule has 0 aliphatic rings. The van der Waals surface area contributed by atoms with Gasteiger partial charge in [-0.3, -0.25) is 0 Å². The molecule has 0 radical (unpaired) electrons. The third-order valence-electron chi connectivity index (χ3n) is 4.05. The van der Waals surface area contributed by atoms with Gasteiger partial charge in [0.15, 0.2) is 0 Å². The van der Waals surface area contributed by atoms with Gasteiger partial charge in [0.2, 0.25) is 10.0 Å². The SMILES string of the molecule is CCOc1ccc(Br)cc1S(=O)(=O)NCc1cc(-c2ccc(OC)cc2)ncn1. The van der Waals surface area contributed by atoms with Crippen LogP contribution in [0.5, 0.6) is 11.5 Å². The van der Waals surface area contributed by atoms with Gasteiger partial charge >= 0.3 is 0 Å². The highest BCUT2D eigenvalue weighted by atomic mass is 79.9. The third kappa shape index (κ3) is 5.31. The maximum Gasteiger partial charge on any atom is 0.244 e. The van der Waals surface area contributed by atoms with Gasteiger partial charge in [-0.15, -0.1) is 0 Å². The van der Waals surface area contributed by atoms with E-state index >= 15 is 0 Å². The highest BCUT2D eigenvalue weighted by Crippen LogP contribution is 2.28. The second-order valence-electron chi connectivity index (χ2n) is 5.97. The molecule has 1 aromatic heterocycles. The molecule has 0 fully saturated rings. The van der Waals surface area contributed by atoms with Gasteiger partial charge in [0, 0.05) is 10.0 Å². The molecule has 0 spiro atoms. The fraction of sp³-hybridized carbons (Fsp3) is 0.200. The number of nitrogens with zero attached hydrogens (tertiary/aromatic N) is 2. The molecule has 0 unspecified atom stereocenters. The zero-order valence-corrected chi connectivity index (χ0v) is 18.3. The molecular formula is C20H20BrN3O4S. The third-order valence-corrected chi connectivity index (χ3v) is 5.96. The zero-order valence-electron chi connectivity index (χ0n) is 15.9. The zero-order chi connectivity index (χ0) is 20.9. The van der Waals surface area contributed by atoms with E-state index in [9.17, 15) is 8.42 Å². The molecule has 0 bridgehead atoms. The van der Waals surface area contributed by atoms with Gasteiger partial charge in [0.1, 0.15) is 22.7 Å². The number of sulfonamides is 1. The number of ether oxygens (including phenoxy) is 2. The Bertz CT molecular complexity index is 1090. The average molecular weight is 478 g/mol. The summed E-state index contributed by atoms with van der Waals surface area (Å²) in [5.41, 5.74) is 2.11. The number of hydrogen-bond acceptors (Lipinski definition) is 6. The molecule has 29 heavy (non-hydrogen) atoms. The monoisotopic (exact) mass is 477 g/mol. The number of methoxy groups -OCH3 is 1. The summed E-state index contributed by atoms with van der Waals surface area (Å²) in [4.78, 5) is 8.50. The summed E-state index contributed by atoms with van der Waals surface area (Å²) in [6, 6.07) is 14.0. The van der Waals surface area contributed by atoms with Gasteiger partial charge in [-0.1, -0.05) is 15.9 Å². The molecule has 3 aromatic rings. The fourth-order valence-electron chi connectivity index (χ4n) is 2.63. The Kier molecular flexibility index (Phi) is 6.83. The van der Waals surface area contributed by atoms with Crippen molar-refractivity contribution in [3.8, 4) is 22.8 Å². The van der Waals surface area contributed by atoms with Crippen LogP contribution >= 0.6 is 15.9 Å². The quantitative estimate of drug-likeness (QED) is 0.530. The Morgan fingerprint density at radius 3 is 2.52 bits per heavy atom. The molecular weight excluding hydrogens is 458 g/mol. The van der Waals surface area contributed by atoms with E-state index in [2.05, 4.69) is 30.6 Å². The van der Waals surface area contributed by atoms with Crippen molar-refractivity contribution < 1.29 is 17.9 Å². The van der Waals surface area contributed by atoms with Gasteiger partial charge in [0.25, 0.3) is 0 Å². The first-order valence-electron chi connectivity index (χ1n) is 8.80. The van der Waals surface area contributed by atoms with Gasteiger partial charge < -0.3 is 9.47 Å². The molecule has 0 amide bonds. The fourth-order valence-corrected chi connectivity index (χ4v) is 4.31. The first-order valence-corrected chi connectivity index (χ1v) is 11.1. The lowest BCUT2D eigenvalue weighted by Crippen LogP contribution is -2.24. The largest absolute Gasteiger partial charge is 0.497 e. The second-order valence-corrected chi connectivity index (χ2v) is 8.62. The van der Waals surface area contributed by atoms with Crippen LogP contribution in [0.1, 0.15) is 12.6 Å². The minimum absolute atomic E-state index is 0.0199. The molecule has 0 aliphatic heterocycles. The van der Waals surface area contributed by atoms with E-state index in [1.807, 2.05) is 24.3 Å². The Hall–Kier alpha value is -2.49. The molecule has 9 heteroatoms. The number of hydrogen-bond donors (Lipinski definition) is 1. The molecule has 0 aliphatic carbocycles. The first kappa shape index (κ1) is 21.2. The molecule has 0 saturated carbocycles. The summed E-state index contributed by atoms with van der Waals surface area (Å²) < 4.78 is 39.4. The molecule has 1 heterocycles. The number of halogens is 1. The van der Waals surface area contributed by atoms with Crippen molar-refractivity contribution in [2.45, 2.75) is 18.4 Å². The first-order chi connectivity index (χ1) is 13.9. The summed E-state index contributed by atoms with van der Waals surface area (Å²) in [5, 5.41) is 0. The van der Waals surface area contributed by atoms with E-state index < -0.39 is 10.0 Å². The van der Waals surface area contributed by atoms with Crippen LogP contribution in [0.2, 0.25) is 0 Å². The number of benzene rings is 2. The summed E-state index contributed by atoms with van der Waals surface area (Å²) in [6.45, 7) is 2.18. The summed E-state index contributed by atoms with van der Waals surface area (Å²) in [5.74, 6) is 1.04. The van der Waals surface area contributed by atoms with Crippen molar-refractivity contribution in [3.63, 3.8) is 0 Å². The maximum atomic E-state index is 12.8. The normalized spacial score (nSPS) is 11.3. The van der Waals surface area contributed by atoms with Crippen LogP contribution in [0, 0.1) is 0 Å². The summed E-state index contributed by atoms with van der Waals surface area (Å²) >= 11 is 3.30. The van der Waals surface area contributed by atoms with E-state index in [-0.39, 0.29) is 11.4 Å². The van der Waals surface area contributed by atoms with E-state index in [1.54, 1.807) is 32.2 Å². The lowest BCUT2D eigenvalue weighted by Gasteiger charge is -2.12. The van der Waals surface area contributed by atoms with Crippen LogP contribution in [-0.2, 0) is 16.6 Å². The van der Waals surface area contributed by atoms with E-state index in [0.717, 1.165) is 11.3 Å². The highest BCUT2D eigenvalue weighted by Gasteiger charge is 2.20. The Morgan fingerprint density at radius 2 is 1.83 bits per heavy atom. The van der Waals surface area contributed by atoms with Crippen molar-refractivity contribution in [1.29, 1.82) is 0 Å². The topological polar surface area (TPSA) is 90.4 Å². The molecule has 152 valence electrons. The Labute approximate surface area is 178 Å². The number of nitrogens with one attached hydrogen (secondary N) is 1. The lowest BCUT2D eigenvalue weighted by atomic mass is 10.1. The van der Waals surface area contributed by atoms with Crippen LogP contribution in [0.15, 0.2) is 64.2 Å². The van der Waals surface area contributed by atoms with Gasteiger partial charge in [-0.2, -0.15) is 0 Å². The van der Waals surface area contributed by atoms with Crippen LogP contribution < -0.4 is 14.2 Å². The standard InChI is InChI=1S/C20H20BrN3O4S/c1-3-28-19-9-6-15(21)10-20(19)29(25,26)24-12-16-11-18(23-13-22-16)14-4-7-17(27-2)8-5-14/h4-11,13,24H,3,12H2,1-2H3. The lowest BCUT2D eigenvalue weighted by molar-refractivity contribution is 0.331. The molecule has 0 saturated heterocycles. The van der Waals surface area contributed by atoms with Crippen molar-refractivity contribution >= 4 is 26.0 Å². The smallest absolute Gasteiger partial charge is 0.244 e. The Balaban J connectivity index is 1.80. The van der Waals surface area contributed by atoms with Crippen molar-refractivity contribution in [2.75, 3.05) is 13.7 Å². The number of aromatic nitrogens is 2. The van der Waals surface area contributed by atoms with Crippen molar-refractivity contribution in [1.82, 2.24) is 14.7 Å². The summed E-state index contributed by atoms with van der Waals surface area (Å²) in [7, 11) is -2.20. The van der Waals surface area contributed by atoms with Crippen molar-refractivity contribution in [2.24, 2.45) is 0 Å². The Morgan fingerprint density at radius 1 is 1.07 bits per heavy atom. The molecule has 7 nitrogen and oxygen atoms in total. The van der Waals surface area contributed by atoms with Crippen LogP contribution in [0.25, 0.3) is 11.3 Å². The molecule has 2 aromatic carbocycles.